The van der Waals surface area contributed by atoms with E-state index in [4.69, 9.17) is 11.6 Å². The maximum absolute atomic E-state index is 12.6. The van der Waals surface area contributed by atoms with Gasteiger partial charge in [-0.15, -0.1) is 0 Å². The largest absolute Gasteiger partial charge is 0.451 e. The highest BCUT2D eigenvalue weighted by molar-refractivity contribution is 6.33. The van der Waals surface area contributed by atoms with Crippen LogP contribution in [-0.4, -0.2) is 19.5 Å². The van der Waals surface area contributed by atoms with Gasteiger partial charge < -0.3 is 4.57 Å². The van der Waals surface area contributed by atoms with Crippen molar-refractivity contribution in [1.82, 2.24) is 19.5 Å². The zero-order valence-electron chi connectivity index (χ0n) is 9.71. The van der Waals surface area contributed by atoms with Gasteiger partial charge in [-0.3, -0.25) is 0 Å². The predicted molar refractivity (Wildman–Crippen MR) is 60.4 cm³/mol. The molecule has 0 N–H and O–H groups in total. The molecule has 0 bridgehead atoms. The van der Waals surface area contributed by atoms with E-state index in [2.05, 4.69) is 15.0 Å². The summed E-state index contributed by atoms with van der Waals surface area (Å²) in [6.07, 6.45) is -4.03. The molecule has 18 heavy (non-hydrogen) atoms. The van der Waals surface area contributed by atoms with Gasteiger partial charge in [0.05, 0.1) is 0 Å². The van der Waals surface area contributed by atoms with Crippen molar-refractivity contribution >= 4 is 22.8 Å². The highest BCUT2D eigenvalue weighted by Crippen LogP contribution is 2.30. The van der Waals surface area contributed by atoms with E-state index >= 15 is 0 Å². The van der Waals surface area contributed by atoms with Crippen molar-refractivity contribution in [3.05, 3.63) is 16.8 Å². The molecule has 2 aromatic rings. The third kappa shape index (κ3) is 2.03. The normalized spacial score (nSPS) is 12.3. The number of halogens is 4. The zero-order valence-corrected chi connectivity index (χ0v) is 10.5. The van der Waals surface area contributed by atoms with Gasteiger partial charge in [0.1, 0.15) is 11.3 Å². The molecule has 2 heterocycles. The Morgan fingerprint density at radius 2 is 1.83 bits per heavy atom. The highest BCUT2D eigenvalue weighted by Gasteiger charge is 2.36. The van der Waals surface area contributed by atoms with Gasteiger partial charge in [-0.2, -0.15) is 13.2 Å². The Morgan fingerprint density at radius 3 is 2.33 bits per heavy atom. The van der Waals surface area contributed by atoms with Crippen LogP contribution in [0.1, 0.15) is 25.5 Å². The molecule has 0 aliphatic rings. The van der Waals surface area contributed by atoms with Crippen LogP contribution in [0.5, 0.6) is 0 Å². The molecular formula is C10H10ClF3N4. The second kappa shape index (κ2) is 4.38. The van der Waals surface area contributed by atoms with Crippen LogP contribution < -0.4 is 0 Å². The molecule has 8 heteroatoms. The van der Waals surface area contributed by atoms with E-state index in [-0.39, 0.29) is 16.3 Å². The summed E-state index contributed by atoms with van der Waals surface area (Å²) in [6.45, 7) is 4.15. The van der Waals surface area contributed by atoms with Gasteiger partial charge in [-0.1, -0.05) is 18.5 Å². The summed E-state index contributed by atoms with van der Waals surface area (Å²) in [5.41, 5.74) is 0.338. The molecule has 0 unspecified atom stereocenters. The topological polar surface area (TPSA) is 43.6 Å². The second-order valence-corrected chi connectivity index (χ2v) is 3.99. The first kappa shape index (κ1) is 13.1. The standard InChI is InChI=1S/C10H10ClF3N4/c1-3-5-15-6-7(11)16-9(10(12,13)14)17-8(6)18(5)4-2/h3-4H2,1-2H3. The minimum Gasteiger partial charge on any atom is -0.313 e. The fraction of sp³-hybridized carbons (Fsp3) is 0.500. The number of hydrogen-bond acceptors (Lipinski definition) is 3. The van der Waals surface area contributed by atoms with Gasteiger partial charge in [0.2, 0.25) is 5.82 Å². The number of imidazole rings is 1. The smallest absolute Gasteiger partial charge is 0.313 e. The van der Waals surface area contributed by atoms with Crippen molar-refractivity contribution < 1.29 is 13.2 Å². The van der Waals surface area contributed by atoms with Gasteiger partial charge in [0, 0.05) is 13.0 Å². The molecule has 0 saturated carbocycles. The summed E-state index contributed by atoms with van der Waals surface area (Å²) in [5, 5.41) is -0.269. The van der Waals surface area contributed by atoms with Crippen molar-refractivity contribution in [2.45, 2.75) is 33.0 Å². The molecule has 98 valence electrons. The Balaban J connectivity index is 2.78. The predicted octanol–water partition coefficient (Wildman–Crippen LogP) is 3.08. The third-order valence-electron chi connectivity index (χ3n) is 2.52. The van der Waals surface area contributed by atoms with Crippen LogP contribution in [0.25, 0.3) is 11.2 Å². The first-order valence-corrected chi connectivity index (χ1v) is 5.76. The maximum atomic E-state index is 12.6. The lowest BCUT2D eigenvalue weighted by molar-refractivity contribution is -0.144. The number of aryl methyl sites for hydroxylation is 2. The van der Waals surface area contributed by atoms with Gasteiger partial charge in [-0.05, 0) is 6.92 Å². The Morgan fingerprint density at radius 1 is 1.17 bits per heavy atom. The van der Waals surface area contributed by atoms with Crippen molar-refractivity contribution in [2.75, 3.05) is 0 Å². The first-order chi connectivity index (χ1) is 8.38. The van der Waals surface area contributed by atoms with Crippen LogP contribution in [0.15, 0.2) is 0 Å². The number of alkyl halides is 3. The van der Waals surface area contributed by atoms with Crippen molar-refractivity contribution in [3.63, 3.8) is 0 Å². The highest BCUT2D eigenvalue weighted by atomic mass is 35.5. The van der Waals surface area contributed by atoms with Crippen LogP contribution in [0, 0.1) is 0 Å². The molecule has 0 aromatic carbocycles. The van der Waals surface area contributed by atoms with Crippen molar-refractivity contribution in [3.8, 4) is 0 Å². The van der Waals surface area contributed by atoms with E-state index in [0.29, 0.717) is 18.8 Å². The number of nitrogens with zero attached hydrogens (tertiary/aromatic N) is 4. The number of rotatable bonds is 2. The molecule has 2 aromatic heterocycles. The van der Waals surface area contributed by atoms with E-state index < -0.39 is 12.0 Å². The van der Waals surface area contributed by atoms with E-state index in [9.17, 15) is 13.2 Å². The lowest BCUT2D eigenvalue weighted by Crippen LogP contribution is -2.12. The molecule has 0 saturated heterocycles. The van der Waals surface area contributed by atoms with E-state index in [0.717, 1.165) is 0 Å². The van der Waals surface area contributed by atoms with Gasteiger partial charge in [0.15, 0.2) is 10.8 Å². The van der Waals surface area contributed by atoms with Gasteiger partial charge in [-0.25, -0.2) is 15.0 Å². The van der Waals surface area contributed by atoms with Crippen LogP contribution in [-0.2, 0) is 19.1 Å². The van der Waals surface area contributed by atoms with Gasteiger partial charge >= 0.3 is 6.18 Å². The molecule has 0 fully saturated rings. The first-order valence-electron chi connectivity index (χ1n) is 5.38. The third-order valence-corrected chi connectivity index (χ3v) is 2.78. The number of fused-ring (bicyclic) bond motifs is 1. The summed E-state index contributed by atoms with van der Waals surface area (Å²) in [7, 11) is 0. The quantitative estimate of drug-likeness (QED) is 0.793. The fourth-order valence-corrected chi connectivity index (χ4v) is 1.95. The number of aromatic nitrogens is 4. The summed E-state index contributed by atoms with van der Waals surface area (Å²) in [6, 6.07) is 0. The molecule has 2 rings (SSSR count). The lowest BCUT2D eigenvalue weighted by Gasteiger charge is -2.06. The number of hydrogen-bond donors (Lipinski definition) is 0. The average Bonchev–Trinajstić information content (AvgIpc) is 2.65. The zero-order chi connectivity index (χ0) is 13.5. The van der Waals surface area contributed by atoms with Crippen LogP contribution in [0.2, 0.25) is 5.15 Å². The summed E-state index contributed by atoms with van der Waals surface area (Å²) >= 11 is 5.74. The Kier molecular flexibility index (Phi) is 3.18. The Hall–Kier alpha value is -1.37. The molecule has 0 radical (unpaired) electrons. The van der Waals surface area contributed by atoms with E-state index in [1.54, 1.807) is 4.57 Å². The molecule has 0 aliphatic carbocycles. The Labute approximate surface area is 106 Å². The van der Waals surface area contributed by atoms with E-state index in [1.165, 1.54) is 0 Å². The van der Waals surface area contributed by atoms with Crippen LogP contribution >= 0.6 is 11.6 Å². The summed E-state index contributed by atoms with van der Waals surface area (Å²) in [5.74, 6) is -0.597. The molecular weight excluding hydrogens is 269 g/mol. The minimum atomic E-state index is -4.62. The second-order valence-electron chi connectivity index (χ2n) is 3.63. The SMILES string of the molecule is CCc1nc2c(Cl)nc(C(F)(F)F)nc2n1CC. The lowest BCUT2D eigenvalue weighted by atomic mass is 10.4. The molecule has 0 amide bonds. The van der Waals surface area contributed by atoms with Crippen LogP contribution in [0.3, 0.4) is 0 Å². The Bertz CT molecular complexity index is 591. The van der Waals surface area contributed by atoms with Gasteiger partial charge in [0.25, 0.3) is 0 Å². The molecule has 0 aliphatic heterocycles. The molecule has 4 nitrogen and oxygen atoms in total. The fourth-order valence-electron chi connectivity index (χ4n) is 1.74. The molecule has 0 atom stereocenters. The summed E-state index contributed by atoms with van der Waals surface area (Å²) < 4.78 is 39.4. The monoisotopic (exact) mass is 278 g/mol. The minimum absolute atomic E-state index is 0.127. The maximum Gasteiger partial charge on any atom is 0.451 e. The molecule has 0 spiro atoms. The van der Waals surface area contributed by atoms with E-state index in [1.807, 2.05) is 13.8 Å². The average molecular weight is 279 g/mol. The van der Waals surface area contributed by atoms with Crippen molar-refractivity contribution in [2.24, 2.45) is 0 Å². The summed E-state index contributed by atoms with van der Waals surface area (Å²) in [4.78, 5) is 10.9. The van der Waals surface area contributed by atoms with Crippen LogP contribution in [0.4, 0.5) is 13.2 Å². The van der Waals surface area contributed by atoms with Crippen molar-refractivity contribution in [1.29, 1.82) is 0 Å².